The molecule has 0 spiro atoms. The molecule has 0 atom stereocenters. The van der Waals surface area contributed by atoms with Gasteiger partial charge in [0.2, 0.25) is 5.91 Å². The molecule has 100 valence electrons. The summed E-state index contributed by atoms with van der Waals surface area (Å²) in [4.78, 5) is 11.9. The Morgan fingerprint density at radius 2 is 1.89 bits per heavy atom. The number of benzene rings is 1. The maximum atomic E-state index is 11.9. The Kier molecular flexibility index (Phi) is 4.38. The van der Waals surface area contributed by atoms with Crippen molar-refractivity contribution < 1.29 is 9.53 Å². The van der Waals surface area contributed by atoms with Gasteiger partial charge >= 0.3 is 0 Å². The highest BCUT2D eigenvalue weighted by atomic mass is 16.5. The van der Waals surface area contributed by atoms with Crippen LogP contribution in [0.4, 0.5) is 5.69 Å². The number of amides is 1. The third kappa shape index (κ3) is 4.06. The van der Waals surface area contributed by atoms with Gasteiger partial charge in [0.25, 0.3) is 0 Å². The quantitative estimate of drug-likeness (QED) is 0.885. The standard InChI is InChI=1S/C15H23NO2/c1-10(2)18-12-7-8-13(11(3)9-12)16-14(17)15(4,5)6/h7-10H,1-6H3,(H,16,17). The summed E-state index contributed by atoms with van der Waals surface area (Å²) in [5, 5.41) is 2.94. The number of anilines is 1. The summed E-state index contributed by atoms with van der Waals surface area (Å²) >= 11 is 0. The van der Waals surface area contributed by atoms with Crippen molar-refractivity contribution in [2.45, 2.75) is 47.6 Å². The topological polar surface area (TPSA) is 38.3 Å². The van der Waals surface area contributed by atoms with Gasteiger partial charge in [-0.3, -0.25) is 4.79 Å². The molecule has 0 saturated heterocycles. The van der Waals surface area contributed by atoms with Gasteiger partial charge < -0.3 is 10.1 Å². The number of hydrogen-bond acceptors (Lipinski definition) is 2. The van der Waals surface area contributed by atoms with Gasteiger partial charge in [-0.15, -0.1) is 0 Å². The molecule has 1 N–H and O–H groups in total. The SMILES string of the molecule is Cc1cc(OC(C)C)ccc1NC(=O)C(C)(C)C. The van der Waals surface area contributed by atoms with E-state index in [-0.39, 0.29) is 17.4 Å². The van der Waals surface area contributed by atoms with Crippen LogP contribution in [0.15, 0.2) is 18.2 Å². The van der Waals surface area contributed by atoms with Crippen molar-refractivity contribution in [3.8, 4) is 5.75 Å². The molecule has 0 aliphatic carbocycles. The first-order valence-electron chi connectivity index (χ1n) is 6.29. The average Bonchev–Trinajstić information content (AvgIpc) is 2.19. The van der Waals surface area contributed by atoms with Gasteiger partial charge in [0.15, 0.2) is 0 Å². The second-order valence-electron chi connectivity index (χ2n) is 5.85. The van der Waals surface area contributed by atoms with E-state index >= 15 is 0 Å². The second kappa shape index (κ2) is 5.42. The predicted molar refractivity (Wildman–Crippen MR) is 75.0 cm³/mol. The van der Waals surface area contributed by atoms with E-state index in [1.807, 2.05) is 59.7 Å². The lowest BCUT2D eigenvalue weighted by Gasteiger charge is -2.19. The van der Waals surface area contributed by atoms with E-state index in [1.165, 1.54) is 0 Å². The van der Waals surface area contributed by atoms with E-state index < -0.39 is 0 Å². The molecule has 0 unspecified atom stereocenters. The van der Waals surface area contributed by atoms with Gasteiger partial charge in [0.1, 0.15) is 5.75 Å². The molecule has 18 heavy (non-hydrogen) atoms. The van der Waals surface area contributed by atoms with E-state index in [1.54, 1.807) is 0 Å². The first kappa shape index (κ1) is 14.6. The molecule has 1 rings (SSSR count). The summed E-state index contributed by atoms with van der Waals surface area (Å²) in [5.41, 5.74) is 1.45. The first-order chi connectivity index (χ1) is 8.20. The Hall–Kier alpha value is -1.51. The molecule has 1 aromatic carbocycles. The first-order valence-corrected chi connectivity index (χ1v) is 6.29. The molecule has 0 saturated carbocycles. The minimum Gasteiger partial charge on any atom is -0.491 e. The third-order valence-electron chi connectivity index (χ3n) is 2.50. The fourth-order valence-electron chi connectivity index (χ4n) is 1.43. The fourth-order valence-corrected chi connectivity index (χ4v) is 1.43. The minimum atomic E-state index is -0.389. The average molecular weight is 249 g/mol. The number of carbonyl (C=O) groups is 1. The van der Waals surface area contributed by atoms with Crippen LogP contribution >= 0.6 is 0 Å². The van der Waals surface area contributed by atoms with Crippen LogP contribution in [0.5, 0.6) is 5.75 Å². The zero-order chi connectivity index (χ0) is 13.9. The largest absolute Gasteiger partial charge is 0.491 e. The molecule has 0 aliphatic rings. The number of carbonyl (C=O) groups excluding carboxylic acids is 1. The fraction of sp³-hybridized carbons (Fsp3) is 0.533. The minimum absolute atomic E-state index is 0.0168. The van der Waals surface area contributed by atoms with Crippen molar-refractivity contribution in [2.24, 2.45) is 5.41 Å². The lowest BCUT2D eigenvalue weighted by atomic mass is 9.95. The van der Waals surface area contributed by atoms with Crippen LogP contribution in [0.1, 0.15) is 40.2 Å². The Morgan fingerprint density at radius 1 is 1.28 bits per heavy atom. The van der Waals surface area contributed by atoms with E-state index in [0.29, 0.717) is 0 Å². The van der Waals surface area contributed by atoms with E-state index in [2.05, 4.69) is 5.32 Å². The maximum absolute atomic E-state index is 11.9. The Labute approximate surface area is 110 Å². The van der Waals surface area contributed by atoms with Gasteiger partial charge in [-0.2, -0.15) is 0 Å². The molecular weight excluding hydrogens is 226 g/mol. The molecule has 0 aliphatic heterocycles. The normalized spacial score (nSPS) is 11.5. The van der Waals surface area contributed by atoms with Gasteiger partial charge in [0.05, 0.1) is 6.10 Å². The van der Waals surface area contributed by atoms with Crippen LogP contribution in [0.25, 0.3) is 0 Å². The maximum Gasteiger partial charge on any atom is 0.229 e. The van der Waals surface area contributed by atoms with E-state index in [4.69, 9.17) is 4.74 Å². The van der Waals surface area contributed by atoms with E-state index in [0.717, 1.165) is 17.0 Å². The lowest BCUT2D eigenvalue weighted by molar-refractivity contribution is -0.123. The lowest BCUT2D eigenvalue weighted by Crippen LogP contribution is -2.27. The molecule has 3 nitrogen and oxygen atoms in total. The second-order valence-corrected chi connectivity index (χ2v) is 5.85. The molecule has 3 heteroatoms. The van der Waals surface area contributed by atoms with Crippen molar-refractivity contribution in [1.82, 2.24) is 0 Å². The molecule has 1 amide bonds. The monoisotopic (exact) mass is 249 g/mol. The predicted octanol–water partition coefficient (Wildman–Crippen LogP) is 3.77. The summed E-state index contributed by atoms with van der Waals surface area (Å²) in [5.74, 6) is 0.847. The Morgan fingerprint density at radius 3 is 2.33 bits per heavy atom. The van der Waals surface area contributed by atoms with Crippen molar-refractivity contribution in [2.75, 3.05) is 5.32 Å². The highest BCUT2D eigenvalue weighted by molar-refractivity contribution is 5.95. The van der Waals surface area contributed by atoms with E-state index in [9.17, 15) is 4.79 Å². The number of ether oxygens (including phenoxy) is 1. The highest BCUT2D eigenvalue weighted by Crippen LogP contribution is 2.24. The van der Waals surface area contributed by atoms with Gasteiger partial charge in [0, 0.05) is 11.1 Å². The van der Waals surface area contributed by atoms with Crippen molar-refractivity contribution in [3.63, 3.8) is 0 Å². The molecule has 0 bridgehead atoms. The summed E-state index contributed by atoms with van der Waals surface area (Å²) in [7, 11) is 0. The smallest absolute Gasteiger partial charge is 0.229 e. The number of aryl methyl sites for hydroxylation is 1. The number of rotatable bonds is 3. The van der Waals surface area contributed by atoms with Crippen LogP contribution < -0.4 is 10.1 Å². The van der Waals surface area contributed by atoms with Gasteiger partial charge in [-0.25, -0.2) is 0 Å². The summed E-state index contributed by atoms with van der Waals surface area (Å²) in [6.07, 6.45) is 0.152. The summed E-state index contributed by atoms with van der Waals surface area (Å²) in [6.45, 7) is 11.6. The zero-order valence-electron chi connectivity index (χ0n) is 12.1. The van der Waals surface area contributed by atoms with Crippen LogP contribution in [0, 0.1) is 12.3 Å². The molecule has 1 aromatic rings. The van der Waals surface area contributed by atoms with Crippen LogP contribution in [-0.2, 0) is 4.79 Å². The molecular formula is C15H23NO2. The zero-order valence-corrected chi connectivity index (χ0v) is 12.1. The van der Waals surface area contributed by atoms with Crippen LogP contribution in [0.2, 0.25) is 0 Å². The molecule has 0 heterocycles. The number of nitrogens with one attached hydrogen (secondary N) is 1. The highest BCUT2D eigenvalue weighted by Gasteiger charge is 2.21. The summed E-state index contributed by atoms with van der Waals surface area (Å²) in [6, 6.07) is 5.71. The molecule has 0 fully saturated rings. The van der Waals surface area contributed by atoms with Crippen molar-refractivity contribution in [3.05, 3.63) is 23.8 Å². The van der Waals surface area contributed by atoms with Crippen LogP contribution in [-0.4, -0.2) is 12.0 Å². The Bertz CT molecular complexity index is 431. The third-order valence-corrected chi connectivity index (χ3v) is 2.50. The van der Waals surface area contributed by atoms with Gasteiger partial charge in [-0.1, -0.05) is 20.8 Å². The molecule has 0 radical (unpaired) electrons. The van der Waals surface area contributed by atoms with Crippen molar-refractivity contribution in [1.29, 1.82) is 0 Å². The van der Waals surface area contributed by atoms with Crippen molar-refractivity contribution >= 4 is 11.6 Å². The van der Waals surface area contributed by atoms with Crippen LogP contribution in [0.3, 0.4) is 0 Å². The molecule has 0 aromatic heterocycles. The summed E-state index contributed by atoms with van der Waals surface area (Å²) < 4.78 is 5.61. The Balaban J connectivity index is 2.83. The number of hydrogen-bond donors (Lipinski definition) is 1. The van der Waals surface area contributed by atoms with Gasteiger partial charge in [-0.05, 0) is 44.5 Å².